The van der Waals surface area contributed by atoms with E-state index in [1.165, 1.54) is 12.1 Å². The monoisotopic (exact) mass is 431 g/mol. The van der Waals surface area contributed by atoms with Gasteiger partial charge in [-0.05, 0) is 43.7 Å². The quantitative estimate of drug-likeness (QED) is 0.366. The van der Waals surface area contributed by atoms with Crippen molar-refractivity contribution in [3.63, 3.8) is 0 Å². The summed E-state index contributed by atoms with van der Waals surface area (Å²) in [6.07, 6.45) is 0.186. The molecule has 1 aliphatic rings. The van der Waals surface area contributed by atoms with Gasteiger partial charge in [-0.1, -0.05) is 45.0 Å². The lowest BCUT2D eigenvalue weighted by molar-refractivity contribution is -0.119. The Kier molecular flexibility index (Phi) is 4.85. The molecule has 1 amide bonds. The van der Waals surface area contributed by atoms with Gasteiger partial charge in [-0.3, -0.25) is 4.79 Å². The molecule has 3 nitrogen and oxygen atoms in total. The lowest BCUT2D eigenvalue weighted by Crippen LogP contribution is -2.48. The number of anilines is 1. The molecule has 7 heteroatoms. The summed E-state index contributed by atoms with van der Waals surface area (Å²) in [4.78, 5) is 16.3. The highest BCUT2D eigenvalue weighted by molar-refractivity contribution is 7.80. The molecule has 28 heavy (non-hydrogen) atoms. The van der Waals surface area contributed by atoms with Crippen LogP contribution < -0.4 is 9.64 Å². The van der Waals surface area contributed by atoms with E-state index in [4.69, 9.17) is 17.0 Å². The Morgan fingerprint density at radius 2 is 1.89 bits per heavy atom. The van der Waals surface area contributed by atoms with Crippen molar-refractivity contribution in [2.75, 3.05) is 12.0 Å². The zero-order valence-electron chi connectivity index (χ0n) is 15.6. The third kappa shape index (κ3) is 3.07. The molecule has 0 aliphatic carbocycles. The molecule has 0 spiro atoms. The van der Waals surface area contributed by atoms with Gasteiger partial charge >= 0.3 is 0 Å². The normalized spacial score (nSPS) is 14.4. The number of rotatable bonds is 3. The lowest BCUT2D eigenvalue weighted by atomic mass is 9.87. The smallest absolute Gasteiger partial charge is 0.232 e. The Hall–Kier alpha value is -2.09. The van der Waals surface area contributed by atoms with Gasteiger partial charge in [-0.15, -0.1) is 0 Å². The summed E-state index contributed by atoms with van der Waals surface area (Å²) in [5, 5.41) is 0. The molecular formula is C21H18FNO2S3. The first-order chi connectivity index (χ1) is 13.3. The third-order valence-corrected chi connectivity index (χ3v) is 8.31. The Morgan fingerprint density at radius 1 is 1.18 bits per heavy atom. The molecule has 1 aromatic heterocycles. The fourth-order valence-corrected chi connectivity index (χ4v) is 6.92. The Labute approximate surface area is 175 Å². The summed E-state index contributed by atoms with van der Waals surface area (Å²) in [6, 6.07) is 11.8. The Balaban J connectivity index is 1.85. The van der Waals surface area contributed by atoms with Gasteiger partial charge in [0, 0.05) is 17.2 Å². The first kappa shape index (κ1) is 19.2. The van der Waals surface area contributed by atoms with E-state index in [-0.39, 0.29) is 18.1 Å². The maximum Gasteiger partial charge on any atom is 0.232 e. The molecule has 2 heterocycles. The minimum absolute atomic E-state index is 0.0546. The number of benzene rings is 2. The minimum atomic E-state index is -0.552. The number of methoxy groups -OCH3 is 1. The fraction of sp³-hybridized carbons (Fsp3) is 0.238. The number of hydrogen-bond acceptors (Lipinski definition) is 5. The molecule has 1 aliphatic heterocycles. The molecule has 0 radical (unpaired) electrons. The number of hydrogen-bond donors (Lipinski definition) is 0. The second-order valence-electron chi connectivity index (χ2n) is 7.13. The van der Waals surface area contributed by atoms with Crippen LogP contribution in [0.5, 0.6) is 5.75 Å². The van der Waals surface area contributed by atoms with Crippen molar-refractivity contribution in [1.29, 1.82) is 0 Å². The van der Waals surface area contributed by atoms with Crippen LogP contribution >= 0.6 is 32.9 Å². The maximum atomic E-state index is 13.4. The molecule has 0 saturated carbocycles. The van der Waals surface area contributed by atoms with Gasteiger partial charge in [0.2, 0.25) is 5.91 Å². The highest BCUT2D eigenvalue weighted by atomic mass is 32.9. The van der Waals surface area contributed by atoms with E-state index in [1.54, 1.807) is 39.9 Å². The fourth-order valence-electron chi connectivity index (χ4n) is 3.64. The zero-order valence-corrected chi connectivity index (χ0v) is 18.1. The molecule has 0 unspecified atom stereocenters. The molecule has 0 fully saturated rings. The van der Waals surface area contributed by atoms with Crippen molar-refractivity contribution in [3.8, 4) is 16.9 Å². The molecule has 2 aromatic carbocycles. The number of ether oxygens (including phenoxy) is 1. The number of nitrogens with zero attached hydrogens (tertiary/aromatic N) is 1. The van der Waals surface area contributed by atoms with Gasteiger partial charge in [0.1, 0.15) is 15.4 Å². The predicted molar refractivity (Wildman–Crippen MR) is 116 cm³/mol. The number of carbonyl (C=O) groups excluding carboxylic acids is 1. The number of fused-ring (bicyclic) bond motifs is 3. The van der Waals surface area contributed by atoms with Gasteiger partial charge < -0.3 is 9.64 Å². The highest BCUT2D eigenvalue weighted by Gasteiger charge is 2.42. The first-order valence-corrected chi connectivity index (χ1v) is 11.3. The molecule has 144 valence electrons. The van der Waals surface area contributed by atoms with Gasteiger partial charge in [-0.2, -0.15) is 0 Å². The summed E-state index contributed by atoms with van der Waals surface area (Å²) in [5.74, 6) is 0.316. The van der Waals surface area contributed by atoms with Crippen LogP contribution in [-0.2, 0) is 16.8 Å². The standard InChI is InChI=1S/C21H18FNO2S3/c1-21(2)19-18(20(26)28-27-19)15-9-8-14(25-3)11-16(15)23(21)17(24)10-12-4-6-13(22)7-5-12/h4-9,11H,10H2,1-3H3. The molecule has 0 atom stereocenters. The number of halogens is 1. The van der Waals surface area contributed by atoms with Crippen LogP contribution in [0.4, 0.5) is 10.1 Å². The van der Waals surface area contributed by atoms with E-state index >= 15 is 0 Å². The van der Waals surface area contributed by atoms with Crippen molar-refractivity contribution in [2.24, 2.45) is 0 Å². The van der Waals surface area contributed by atoms with Crippen LogP contribution in [0, 0.1) is 9.64 Å². The number of amides is 1. The van der Waals surface area contributed by atoms with E-state index in [0.29, 0.717) is 5.75 Å². The van der Waals surface area contributed by atoms with Crippen LogP contribution in [0.2, 0.25) is 0 Å². The molecule has 4 rings (SSSR count). The summed E-state index contributed by atoms with van der Waals surface area (Å²) in [7, 11) is 4.79. The van der Waals surface area contributed by atoms with E-state index in [0.717, 1.165) is 31.1 Å². The second kappa shape index (κ2) is 7.06. The highest BCUT2D eigenvalue weighted by Crippen LogP contribution is 2.52. The van der Waals surface area contributed by atoms with Crippen LogP contribution in [0.15, 0.2) is 42.5 Å². The van der Waals surface area contributed by atoms with Crippen molar-refractivity contribution < 1.29 is 13.9 Å². The minimum Gasteiger partial charge on any atom is -0.497 e. The average molecular weight is 432 g/mol. The molecular weight excluding hydrogens is 413 g/mol. The lowest BCUT2D eigenvalue weighted by Gasteiger charge is -2.43. The second-order valence-corrected chi connectivity index (χ2v) is 9.95. The third-order valence-electron chi connectivity index (χ3n) is 4.98. The van der Waals surface area contributed by atoms with Crippen LogP contribution in [0.3, 0.4) is 0 Å². The van der Waals surface area contributed by atoms with Gasteiger partial charge in [0.15, 0.2) is 0 Å². The van der Waals surface area contributed by atoms with Crippen molar-refractivity contribution in [2.45, 2.75) is 25.8 Å². The molecule has 0 saturated heterocycles. The topological polar surface area (TPSA) is 29.5 Å². The van der Waals surface area contributed by atoms with Crippen molar-refractivity contribution in [1.82, 2.24) is 0 Å². The number of carbonyl (C=O) groups is 1. The van der Waals surface area contributed by atoms with E-state index in [2.05, 4.69) is 0 Å². The summed E-state index contributed by atoms with van der Waals surface area (Å²) in [6.45, 7) is 4.07. The van der Waals surface area contributed by atoms with E-state index in [9.17, 15) is 9.18 Å². The summed E-state index contributed by atoms with van der Waals surface area (Å²) >= 11 is 5.59. The average Bonchev–Trinajstić information content (AvgIpc) is 3.06. The largest absolute Gasteiger partial charge is 0.497 e. The predicted octanol–water partition coefficient (Wildman–Crippen LogP) is 6.18. The van der Waals surface area contributed by atoms with Crippen LogP contribution in [0.25, 0.3) is 11.1 Å². The van der Waals surface area contributed by atoms with Gasteiger partial charge in [0.25, 0.3) is 0 Å². The van der Waals surface area contributed by atoms with Crippen LogP contribution in [0.1, 0.15) is 24.3 Å². The van der Waals surface area contributed by atoms with Gasteiger partial charge in [-0.25, -0.2) is 4.39 Å². The molecule has 0 bridgehead atoms. The maximum absolute atomic E-state index is 13.4. The summed E-state index contributed by atoms with van der Waals surface area (Å²) in [5.41, 5.74) is 3.00. The van der Waals surface area contributed by atoms with E-state index < -0.39 is 5.54 Å². The van der Waals surface area contributed by atoms with Crippen LogP contribution in [-0.4, -0.2) is 13.0 Å². The molecule has 3 aromatic rings. The Bertz CT molecular complexity index is 1120. The first-order valence-electron chi connectivity index (χ1n) is 8.72. The Morgan fingerprint density at radius 3 is 2.57 bits per heavy atom. The van der Waals surface area contributed by atoms with E-state index in [1.807, 2.05) is 36.9 Å². The zero-order chi connectivity index (χ0) is 20.1. The molecule has 0 N–H and O–H groups in total. The van der Waals surface area contributed by atoms with Crippen molar-refractivity contribution >= 4 is 44.5 Å². The van der Waals surface area contributed by atoms with Crippen molar-refractivity contribution in [3.05, 3.63) is 62.5 Å². The summed E-state index contributed by atoms with van der Waals surface area (Å²) < 4.78 is 19.5. The SMILES string of the molecule is COc1ccc2c(c1)N(C(=O)Cc1ccc(F)cc1)C(C)(C)c1ssc(=S)c1-2. The van der Waals surface area contributed by atoms with Gasteiger partial charge in [0.05, 0.1) is 29.6 Å².